The Morgan fingerprint density at radius 2 is 1.78 bits per heavy atom. The molecule has 0 spiro atoms. The van der Waals surface area contributed by atoms with Crippen molar-refractivity contribution in [3.05, 3.63) is 105 Å². The molecule has 1 saturated heterocycles. The summed E-state index contributed by atoms with van der Waals surface area (Å²) in [6, 6.07) is 12.6. The van der Waals surface area contributed by atoms with E-state index in [0.717, 1.165) is 16.9 Å². The molecule has 37 heavy (non-hydrogen) atoms. The lowest BCUT2D eigenvalue weighted by Gasteiger charge is -2.22. The van der Waals surface area contributed by atoms with E-state index in [4.69, 9.17) is 23.2 Å². The van der Waals surface area contributed by atoms with Crippen LogP contribution in [0.5, 0.6) is 0 Å². The number of amides is 1. The number of Topliss-reactive ketones (excluding diaryl/α,β-unsaturated/α-hetero) is 1. The number of hydrogen-bond acceptors (Lipinski definition) is 8. The lowest BCUT2D eigenvalue weighted by Crippen LogP contribution is -2.29. The van der Waals surface area contributed by atoms with Gasteiger partial charge in [-0.1, -0.05) is 64.5 Å². The Morgan fingerprint density at radius 3 is 2.49 bits per heavy atom. The molecule has 1 aliphatic rings. The molecule has 7 nitrogen and oxygen atoms in total. The molecule has 12 heteroatoms. The number of anilines is 1. The Kier molecular flexibility index (Phi) is 7.25. The number of aliphatic hydroxyl groups is 1. The summed E-state index contributed by atoms with van der Waals surface area (Å²) in [4.78, 5) is 31.5. The molecule has 1 fully saturated rings. The van der Waals surface area contributed by atoms with Crippen LogP contribution in [0.15, 0.2) is 76.9 Å². The summed E-state index contributed by atoms with van der Waals surface area (Å²) in [7, 11) is 0. The maximum atomic E-state index is 13.7. The van der Waals surface area contributed by atoms with E-state index in [9.17, 15) is 19.1 Å². The van der Waals surface area contributed by atoms with Crippen molar-refractivity contribution >= 4 is 68.9 Å². The van der Waals surface area contributed by atoms with Crippen molar-refractivity contribution < 1.29 is 19.1 Å². The summed E-state index contributed by atoms with van der Waals surface area (Å²) < 4.78 is 14.2. The van der Waals surface area contributed by atoms with Crippen LogP contribution in [0.3, 0.4) is 0 Å². The van der Waals surface area contributed by atoms with Crippen LogP contribution in [-0.4, -0.2) is 32.0 Å². The van der Waals surface area contributed by atoms with Crippen molar-refractivity contribution in [1.29, 1.82) is 0 Å². The largest absolute Gasteiger partial charge is 0.507 e. The lowest BCUT2D eigenvalue weighted by molar-refractivity contribution is -0.132. The molecule has 2 aromatic heterocycles. The van der Waals surface area contributed by atoms with Gasteiger partial charge in [-0.25, -0.2) is 4.39 Å². The topological polar surface area (TPSA) is 96.3 Å². The van der Waals surface area contributed by atoms with Crippen molar-refractivity contribution in [3.63, 3.8) is 0 Å². The van der Waals surface area contributed by atoms with Crippen LogP contribution in [0.1, 0.15) is 22.7 Å². The number of hydrogen-bond donors (Lipinski definition) is 1. The van der Waals surface area contributed by atoms with Gasteiger partial charge >= 0.3 is 5.91 Å². The minimum atomic E-state index is -1.04. The quantitative estimate of drug-likeness (QED) is 0.0951. The monoisotopic (exact) mass is 572 g/mol. The normalized spacial score (nSPS) is 16.9. The molecule has 3 heterocycles. The SMILES string of the molecule is O=C1C(=O)N(c2nnc(SCc3ccc(Cl)cc3Cl)s2)C(c2ccc(F)cc2)/C1=C(\O)c1ccncc1. The van der Waals surface area contributed by atoms with Crippen molar-refractivity contribution in [2.75, 3.05) is 4.90 Å². The molecule has 4 aromatic rings. The zero-order valence-electron chi connectivity index (χ0n) is 18.6. The number of carbonyl (C=O) groups is 2. The second kappa shape index (κ2) is 10.6. The van der Waals surface area contributed by atoms with Gasteiger partial charge < -0.3 is 5.11 Å². The highest BCUT2D eigenvalue weighted by atomic mass is 35.5. The Morgan fingerprint density at radius 1 is 1.05 bits per heavy atom. The van der Waals surface area contributed by atoms with E-state index in [0.29, 0.717) is 31.3 Å². The number of halogens is 3. The first-order chi connectivity index (χ1) is 17.8. The second-order valence-corrected chi connectivity index (χ2v) is 10.9. The molecule has 1 N–H and O–H groups in total. The Labute approximate surface area is 228 Å². The summed E-state index contributed by atoms with van der Waals surface area (Å²) >= 11 is 14.7. The number of thioether (sulfide) groups is 1. The minimum Gasteiger partial charge on any atom is -0.507 e. The average molecular weight is 573 g/mol. The summed E-state index contributed by atoms with van der Waals surface area (Å²) in [5.74, 6) is -2.13. The molecule has 0 aliphatic carbocycles. The molecule has 1 aliphatic heterocycles. The molecule has 1 atom stereocenters. The third kappa shape index (κ3) is 5.10. The Bertz CT molecular complexity index is 1530. The third-order valence-electron chi connectivity index (χ3n) is 5.55. The molecule has 0 bridgehead atoms. The van der Waals surface area contributed by atoms with Gasteiger partial charge in [-0.2, -0.15) is 0 Å². The number of aliphatic hydroxyl groups excluding tert-OH is 1. The molecule has 2 aromatic carbocycles. The van der Waals surface area contributed by atoms with Crippen LogP contribution in [-0.2, 0) is 15.3 Å². The van der Waals surface area contributed by atoms with Gasteiger partial charge in [0.05, 0.1) is 11.6 Å². The number of carbonyl (C=O) groups excluding carboxylic acids is 2. The minimum absolute atomic E-state index is 0.139. The highest BCUT2D eigenvalue weighted by Crippen LogP contribution is 2.44. The van der Waals surface area contributed by atoms with E-state index in [1.165, 1.54) is 65.5 Å². The number of pyridine rings is 1. The van der Waals surface area contributed by atoms with Crippen LogP contribution in [0, 0.1) is 5.82 Å². The maximum absolute atomic E-state index is 13.7. The van der Waals surface area contributed by atoms with E-state index in [2.05, 4.69) is 15.2 Å². The molecule has 1 unspecified atom stereocenters. The zero-order valence-corrected chi connectivity index (χ0v) is 21.8. The fourth-order valence-electron chi connectivity index (χ4n) is 3.79. The van der Waals surface area contributed by atoms with E-state index >= 15 is 0 Å². The van der Waals surface area contributed by atoms with Crippen LogP contribution < -0.4 is 4.90 Å². The van der Waals surface area contributed by atoms with E-state index < -0.39 is 23.5 Å². The van der Waals surface area contributed by atoms with Gasteiger partial charge in [0, 0.05) is 33.8 Å². The first-order valence-electron chi connectivity index (χ1n) is 10.7. The Balaban J connectivity index is 1.52. The predicted octanol–water partition coefficient (Wildman–Crippen LogP) is 6.30. The van der Waals surface area contributed by atoms with E-state index in [1.54, 1.807) is 12.1 Å². The summed E-state index contributed by atoms with van der Waals surface area (Å²) in [5.41, 5.74) is 1.44. The van der Waals surface area contributed by atoms with Gasteiger partial charge in [0.2, 0.25) is 5.13 Å². The molecule has 186 valence electrons. The highest BCUT2D eigenvalue weighted by Gasteiger charge is 2.48. The van der Waals surface area contributed by atoms with E-state index in [1.807, 2.05) is 6.07 Å². The fraction of sp³-hybridized carbons (Fsp3) is 0.0800. The van der Waals surface area contributed by atoms with Crippen molar-refractivity contribution in [2.45, 2.75) is 16.1 Å². The fourth-order valence-corrected chi connectivity index (χ4v) is 6.22. The summed E-state index contributed by atoms with van der Waals surface area (Å²) in [6.45, 7) is 0. The van der Waals surface area contributed by atoms with Crippen LogP contribution in [0.25, 0.3) is 5.76 Å². The zero-order chi connectivity index (χ0) is 26.1. The number of ketones is 1. The van der Waals surface area contributed by atoms with Gasteiger partial charge in [0.25, 0.3) is 5.78 Å². The third-order valence-corrected chi connectivity index (χ3v) is 8.24. The van der Waals surface area contributed by atoms with Gasteiger partial charge in [-0.3, -0.25) is 19.5 Å². The standard InChI is InChI=1S/C25H15Cl2FN4O3S2/c26-16-4-1-15(18(27)11-16)12-36-25-31-30-24(37-25)32-20(13-2-5-17(28)6-3-13)19(22(34)23(32)35)21(33)14-7-9-29-10-8-14/h1-11,20,33H,12H2/b21-19+. The molecule has 1 amide bonds. The van der Waals surface area contributed by atoms with Crippen molar-refractivity contribution in [2.24, 2.45) is 0 Å². The summed E-state index contributed by atoms with van der Waals surface area (Å²) in [5, 5.41) is 20.6. The Hall–Kier alpha value is -3.31. The molecule has 0 saturated carbocycles. The maximum Gasteiger partial charge on any atom is 0.301 e. The molecular weight excluding hydrogens is 558 g/mol. The number of benzene rings is 2. The number of nitrogens with zero attached hydrogens (tertiary/aromatic N) is 4. The number of rotatable bonds is 6. The average Bonchev–Trinajstić information content (AvgIpc) is 3.46. The predicted molar refractivity (Wildman–Crippen MR) is 141 cm³/mol. The lowest BCUT2D eigenvalue weighted by atomic mass is 9.95. The molecular formula is C25H15Cl2FN4O3S2. The van der Waals surface area contributed by atoms with Crippen LogP contribution in [0.2, 0.25) is 10.0 Å². The van der Waals surface area contributed by atoms with Gasteiger partial charge in [-0.05, 0) is 47.5 Å². The van der Waals surface area contributed by atoms with Gasteiger partial charge in [0.1, 0.15) is 11.6 Å². The van der Waals surface area contributed by atoms with Crippen molar-refractivity contribution in [1.82, 2.24) is 15.2 Å². The van der Waals surface area contributed by atoms with Gasteiger partial charge in [0.15, 0.2) is 4.34 Å². The molecule has 0 radical (unpaired) electrons. The first kappa shape index (κ1) is 25.3. The van der Waals surface area contributed by atoms with Crippen LogP contribution >= 0.6 is 46.3 Å². The first-order valence-corrected chi connectivity index (χ1v) is 13.3. The van der Waals surface area contributed by atoms with E-state index in [-0.39, 0.29) is 16.5 Å². The smallest absolute Gasteiger partial charge is 0.301 e. The highest BCUT2D eigenvalue weighted by molar-refractivity contribution is 8.00. The van der Waals surface area contributed by atoms with Crippen LogP contribution in [0.4, 0.5) is 9.52 Å². The van der Waals surface area contributed by atoms with Crippen molar-refractivity contribution in [3.8, 4) is 0 Å². The second-order valence-electron chi connectivity index (χ2n) is 7.83. The summed E-state index contributed by atoms with van der Waals surface area (Å²) in [6.07, 6.45) is 2.92. The number of aromatic nitrogens is 3. The molecule has 5 rings (SSSR count). The van der Waals surface area contributed by atoms with Gasteiger partial charge in [-0.15, -0.1) is 10.2 Å².